The predicted molar refractivity (Wildman–Crippen MR) is 54.8 cm³/mol. The van der Waals surface area contributed by atoms with Gasteiger partial charge in [0.2, 0.25) is 0 Å². The second kappa shape index (κ2) is 5.50. The van der Waals surface area contributed by atoms with Gasteiger partial charge in [-0.15, -0.1) is 0 Å². The van der Waals surface area contributed by atoms with Crippen LogP contribution in [0.2, 0.25) is 0 Å². The molecule has 3 heteroatoms. The van der Waals surface area contributed by atoms with Gasteiger partial charge >= 0.3 is 0 Å². The molecule has 0 aliphatic carbocycles. The van der Waals surface area contributed by atoms with Gasteiger partial charge in [-0.05, 0) is 26.0 Å². The first kappa shape index (κ1) is 10.9. The molecule has 0 aliphatic rings. The molecule has 0 amide bonds. The first-order chi connectivity index (χ1) is 6.72. The van der Waals surface area contributed by atoms with Crippen LogP contribution in [-0.4, -0.2) is 24.4 Å². The van der Waals surface area contributed by atoms with Crippen molar-refractivity contribution in [1.29, 1.82) is 0 Å². The van der Waals surface area contributed by atoms with E-state index in [0.717, 1.165) is 11.5 Å². The van der Waals surface area contributed by atoms with Gasteiger partial charge in [0.05, 0.1) is 12.7 Å². The molecule has 0 radical (unpaired) electrons. The minimum absolute atomic E-state index is 0.301. The lowest BCUT2D eigenvalue weighted by molar-refractivity contribution is 0.122. The van der Waals surface area contributed by atoms with Crippen molar-refractivity contribution in [2.75, 3.05) is 13.2 Å². The third kappa shape index (κ3) is 3.66. The number of rotatable bonds is 5. The number of ether oxygens (including phenoxy) is 2. The quantitative estimate of drug-likeness (QED) is 0.781. The van der Waals surface area contributed by atoms with Crippen LogP contribution in [0.4, 0.5) is 0 Å². The summed E-state index contributed by atoms with van der Waals surface area (Å²) in [4.78, 5) is 0. The Morgan fingerprint density at radius 1 is 1.29 bits per heavy atom. The molecule has 0 heterocycles. The summed E-state index contributed by atoms with van der Waals surface area (Å²) in [5.74, 6) is 1.51. The molecule has 0 spiro atoms. The van der Waals surface area contributed by atoms with Gasteiger partial charge in [-0.25, -0.2) is 0 Å². The van der Waals surface area contributed by atoms with Gasteiger partial charge in [-0.2, -0.15) is 0 Å². The van der Waals surface area contributed by atoms with Crippen LogP contribution in [0.15, 0.2) is 24.3 Å². The molecule has 0 saturated carbocycles. The van der Waals surface area contributed by atoms with Gasteiger partial charge in [0.1, 0.15) is 18.1 Å². The summed E-state index contributed by atoms with van der Waals surface area (Å²) in [7, 11) is 0. The van der Waals surface area contributed by atoms with Crippen molar-refractivity contribution in [2.45, 2.75) is 20.0 Å². The normalized spacial score (nSPS) is 12.2. The van der Waals surface area contributed by atoms with Crippen molar-refractivity contribution in [3.8, 4) is 11.5 Å². The average molecular weight is 196 g/mol. The highest BCUT2D eigenvalue weighted by Gasteiger charge is 1.99. The zero-order chi connectivity index (χ0) is 10.4. The van der Waals surface area contributed by atoms with E-state index in [4.69, 9.17) is 14.6 Å². The molecule has 3 nitrogen and oxygen atoms in total. The predicted octanol–water partition coefficient (Wildman–Crippen LogP) is 1.84. The first-order valence-corrected chi connectivity index (χ1v) is 4.76. The fraction of sp³-hybridized carbons (Fsp3) is 0.455. The van der Waals surface area contributed by atoms with Gasteiger partial charge < -0.3 is 14.6 Å². The maximum absolute atomic E-state index is 9.03. The highest BCUT2D eigenvalue weighted by Crippen LogP contribution is 2.19. The molecular weight excluding hydrogens is 180 g/mol. The van der Waals surface area contributed by atoms with E-state index in [1.165, 1.54) is 0 Å². The third-order valence-electron chi connectivity index (χ3n) is 1.61. The van der Waals surface area contributed by atoms with E-state index in [0.29, 0.717) is 13.2 Å². The monoisotopic (exact) mass is 196 g/mol. The molecule has 0 aliphatic heterocycles. The van der Waals surface area contributed by atoms with Gasteiger partial charge in [0, 0.05) is 6.07 Å². The number of hydrogen-bond acceptors (Lipinski definition) is 3. The van der Waals surface area contributed by atoms with Crippen LogP contribution in [0, 0.1) is 0 Å². The largest absolute Gasteiger partial charge is 0.494 e. The maximum atomic E-state index is 9.03. The lowest BCUT2D eigenvalue weighted by atomic mass is 10.3. The Hall–Kier alpha value is -1.22. The third-order valence-corrected chi connectivity index (χ3v) is 1.61. The van der Waals surface area contributed by atoms with Crippen molar-refractivity contribution in [3.05, 3.63) is 24.3 Å². The average Bonchev–Trinajstić information content (AvgIpc) is 2.16. The molecule has 0 aromatic heterocycles. The highest BCUT2D eigenvalue weighted by atomic mass is 16.5. The van der Waals surface area contributed by atoms with E-state index in [9.17, 15) is 0 Å². The summed E-state index contributed by atoms with van der Waals surface area (Å²) < 4.78 is 10.6. The van der Waals surface area contributed by atoms with Gasteiger partial charge in [-0.3, -0.25) is 0 Å². The van der Waals surface area contributed by atoms with Crippen LogP contribution in [0.3, 0.4) is 0 Å². The molecular formula is C11H16O3. The summed E-state index contributed by atoms with van der Waals surface area (Å²) in [6.45, 7) is 4.56. The van der Waals surface area contributed by atoms with Crippen molar-refractivity contribution in [2.24, 2.45) is 0 Å². The van der Waals surface area contributed by atoms with Gasteiger partial charge in [-0.1, -0.05) is 6.07 Å². The Balaban J connectivity index is 2.54. The minimum Gasteiger partial charge on any atom is -0.494 e. The minimum atomic E-state index is -0.453. The Labute approximate surface area is 84.3 Å². The van der Waals surface area contributed by atoms with Crippen LogP contribution in [0.25, 0.3) is 0 Å². The second-order valence-corrected chi connectivity index (χ2v) is 3.07. The fourth-order valence-electron chi connectivity index (χ4n) is 1.04. The van der Waals surface area contributed by atoms with E-state index < -0.39 is 6.10 Å². The van der Waals surface area contributed by atoms with Crippen molar-refractivity contribution < 1.29 is 14.6 Å². The van der Waals surface area contributed by atoms with E-state index >= 15 is 0 Å². The molecule has 1 atom stereocenters. The summed E-state index contributed by atoms with van der Waals surface area (Å²) in [5.41, 5.74) is 0. The van der Waals surface area contributed by atoms with Crippen molar-refractivity contribution >= 4 is 0 Å². The molecule has 1 aromatic carbocycles. The van der Waals surface area contributed by atoms with Crippen LogP contribution in [0.1, 0.15) is 13.8 Å². The van der Waals surface area contributed by atoms with E-state index in [1.54, 1.807) is 6.92 Å². The SMILES string of the molecule is CCOc1cccc(OC[C@@H](C)O)c1. The first-order valence-electron chi connectivity index (χ1n) is 4.76. The molecule has 0 bridgehead atoms. The molecule has 1 N–H and O–H groups in total. The second-order valence-electron chi connectivity index (χ2n) is 3.07. The smallest absolute Gasteiger partial charge is 0.123 e. The van der Waals surface area contributed by atoms with Gasteiger partial charge in [0.25, 0.3) is 0 Å². The Kier molecular flexibility index (Phi) is 4.26. The maximum Gasteiger partial charge on any atom is 0.123 e. The molecule has 14 heavy (non-hydrogen) atoms. The number of hydrogen-bond donors (Lipinski definition) is 1. The molecule has 1 rings (SSSR count). The van der Waals surface area contributed by atoms with E-state index in [-0.39, 0.29) is 0 Å². The zero-order valence-electron chi connectivity index (χ0n) is 8.56. The fourth-order valence-corrected chi connectivity index (χ4v) is 1.04. The van der Waals surface area contributed by atoms with Crippen molar-refractivity contribution in [1.82, 2.24) is 0 Å². The summed E-state index contributed by atoms with van der Waals surface area (Å²) in [6, 6.07) is 7.39. The van der Waals surface area contributed by atoms with Gasteiger partial charge in [0.15, 0.2) is 0 Å². The number of benzene rings is 1. The van der Waals surface area contributed by atoms with E-state index in [1.807, 2.05) is 31.2 Å². The summed E-state index contributed by atoms with van der Waals surface area (Å²) in [6.07, 6.45) is -0.453. The highest BCUT2D eigenvalue weighted by molar-refractivity contribution is 5.32. The Morgan fingerprint density at radius 2 is 1.93 bits per heavy atom. The topological polar surface area (TPSA) is 38.7 Å². The molecule has 0 unspecified atom stereocenters. The van der Waals surface area contributed by atoms with Crippen LogP contribution in [-0.2, 0) is 0 Å². The standard InChI is InChI=1S/C11H16O3/c1-3-13-10-5-4-6-11(7-10)14-8-9(2)12/h4-7,9,12H,3,8H2,1-2H3/t9-/m1/s1. The summed E-state index contributed by atoms with van der Waals surface area (Å²) >= 11 is 0. The van der Waals surface area contributed by atoms with Crippen LogP contribution in [0.5, 0.6) is 11.5 Å². The van der Waals surface area contributed by atoms with E-state index in [2.05, 4.69) is 0 Å². The Morgan fingerprint density at radius 3 is 2.50 bits per heavy atom. The lowest BCUT2D eigenvalue weighted by Gasteiger charge is -2.09. The molecule has 78 valence electrons. The molecule has 0 saturated heterocycles. The molecule has 1 aromatic rings. The van der Waals surface area contributed by atoms with Crippen LogP contribution < -0.4 is 9.47 Å². The van der Waals surface area contributed by atoms with Crippen LogP contribution >= 0.6 is 0 Å². The number of aliphatic hydroxyl groups excluding tert-OH is 1. The lowest BCUT2D eigenvalue weighted by Crippen LogP contribution is -2.12. The zero-order valence-corrected chi connectivity index (χ0v) is 8.56. The molecule has 0 fully saturated rings. The number of aliphatic hydroxyl groups is 1. The van der Waals surface area contributed by atoms with Crippen molar-refractivity contribution in [3.63, 3.8) is 0 Å². The summed E-state index contributed by atoms with van der Waals surface area (Å²) in [5, 5.41) is 9.03. The Bertz CT molecular complexity index is 271.